The molecule has 1 N–H and O–H groups in total. The van der Waals surface area contributed by atoms with E-state index in [1.807, 2.05) is 46.6 Å². The fraction of sp³-hybridized carbons (Fsp3) is 0.565. The van der Waals surface area contributed by atoms with Gasteiger partial charge in [-0.15, -0.1) is 11.3 Å². The van der Waals surface area contributed by atoms with Gasteiger partial charge < -0.3 is 10.2 Å². The molecule has 1 aliphatic heterocycles. The van der Waals surface area contributed by atoms with Crippen molar-refractivity contribution >= 4 is 23.1 Å². The van der Waals surface area contributed by atoms with E-state index < -0.39 is 0 Å². The summed E-state index contributed by atoms with van der Waals surface area (Å²) in [6, 6.07) is 9.66. The van der Waals surface area contributed by atoms with E-state index in [4.69, 9.17) is 4.98 Å². The number of nitrogens with one attached hydrogen (secondary N) is 1. The number of piperidine rings is 1. The molecule has 1 fully saturated rings. The lowest BCUT2D eigenvalue weighted by Crippen LogP contribution is -2.40. The number of amides is 2. The van der Waals surface area contributed by atoms with Crippen LogP contribution in [0, 0.1) is 5.92 Å². The third-order valence-electron chi connectivity index (χ3n) is 5.94. The van der Waals surface area contributed by atoms with Crippen LogP contribution in [0.3, 0.4) is 0 Å². The van der Waals surface area contributed by atoms with Crippen molar-refractivity contribution in [3.05, 3.63) is 46.4 Å². The first-order valence-corrected chi connectivity index (χ1v) is 11.4. The van der Waals surface area contributed by atoms with Crippen LogP contribution in [0.5, 0.6) is 0 Å². The Kier molecular flexibility index (Phi) is 6.76. The first-order chi connectivity index (χ1) is 13.4. The summed E-state index contributed by atoms with van der Waals surface area (Å²) in [5, 5.41) is 6.51. The Hall–Kier alpha value is -1.88. The normalized spacial score (nSPS) is 17.5. The van der Waals surface area contributed by atoms with E-state index in [0.29, 0.717) is 11.8 Å². The van der Waals surface area contributed by atoms with Gasteiger partial charge >= 0.3 is 6.03 Å². The van der Waals surface area contributed by atoms with Crippen LogP contribution in [0.15, 0.2) is 35.7 Å². The minimum absolute atomic E-state index is 0.0000284. The number of benzene rings is 1. The first kappa shape index (κ1) is 20.8. The third kappa shape index (κ3) is 4.93. The van der Waals surface area contributed by atoms with Gasteiger partial charge in [0.2, 0.25) is 0 Å². The maximum Gasteiger partial charge on any atom is 0.321 e. The molecule has 2 heterocycles. The highest BCUT2D eigenvalue weighted by Crippen LogP contribution is 2.38. The number of anilines is 1. The zero-order chi connectivity index (χ0) is 20.1. The molecule has 0 radical (unpaired) electrons. The van der Waals surface area contributed by atoms with Gasteiger partial charge in [-0.1, -0.05) is 45.9 Å². The SMILES string of the molecule is CCC(C)(CC(C)C)c1csc(C2CCN(C(=O)Nc3ccccc3)CC2)n1. The van der Waals surface area contributed by atoms with Crippen LogP contribution >= 0.6 is 11.3 Å². The van der Waals surface area contributed by atoms with Crippen LogP contribution in [0.1, 0.15) is 70.0 Å². The van der Waals surface area contributed by atoms with E-state index >= 15 is 0 Å². The Balaban J connectivity index is 1.58. The summed E-state index contributed by atoms with van der Waals surface area (Å²) in [5.74, 6) is 1.14. The summed E-state index contributed by atoms with van der Waals surface area (Å²) in [4.78, 5) is 19.5. The molecule has 0 aliphatic carbocycles. The number of hydrogen-bond acceptors (Lipinski definition) is 3. The van der Waals surface area contributed by atoms with Crippen LogP contribution < -0.4 is 5.32 Å². The van der Waals surface area contributed by atoms with Gasteiger partial charge in [-0.2, -0.15) is 0 Å². The van der Waals surface area contributed by atoms with E-state index in [0.717, 1.165) is 38.0 Å². The molecule has 0 bridgehead atoms. The molecule has 1 atom stereocenters. The molecule has 3 rings (SSSR count). The number of para-hydroxylation sites is 1. The van der Waals surface area contributed by atoms with E-state index in [-0.39, 0.29) is 11.4 Å². The molecule has 1 unspecified atom stereocenters. The average Bonchev–Trinajstić information content (AvgIpc) is 3.19. The Morgan fingerprint density at radius 3 is 2.57 bits per heavy atom. The van der Waals surface area contributed by atoms with Crippen LogP contribution in [0.2, 0.25) is 0 Å². The lowest BCUT2D eigenvalue weighted by molar-refractivity contribution is 0.194. The molecular formula is C23H33N3OS. The number of likely N-dealkylation sites (tertiary alicyclic amines) is 1. The number of rotatable bonds is 6. The molecule has 0 saturated carbocycles. The Labute approximate surface area is 173 Å². The number of hydrogen-bond donors (Lipinski definition) is 1. The number of thiazole rings is 1. The molecule has 5 heteroatoms. The zero-order valence-electron chi connectivity index (χ0n) is 17.6. The predicted molar refractivity (Wildman–Crippen MR) is 118 cm³/mol. The zero-order valence-corrected chi connectivity index (χ0v) is 18.4. The van der Waals surface area contributed by atoms with Crippen molar-refractivity contribution in [3.63, 3.8) is 0 Å². The minimum atomic E-state index is -0.0000284. The van der Waals surface area contributed by atoms with Gasteiger partial charge in [0.05, 0.1) is 10.7 Å². The molecule has 2 amide bonds. The van der Waals surface area contributed by atoms with E-state index in [2.05, 4.69) is 38.4 Å². The van der Waals surface area contributed by atoms with Gasteiger partial charge in [-0.25, -0.2) is 9.78 Å². The van der Waals surface area contributed by atoms with Gasteiger partial charge in [0, 0.05) is 35.5 Å². The summed E-state index contributed by atoms with van der Waals surface area (Å²) in [6.07, 6.45) is 4.27. The molecule has 1 aliphatic rings. The summed E-state index contributed by atoms with van der Waals surface area (Å²) in [7, 11) is 0. The maximum absolute atomic E-state index is 12.5. The Morgan fingerprint density at radius 1 is 1.29 bits per heavy atom. The average molecular weight is 400 g/mol. The number of nitrogens with zero attached hydrogens (tertiary/aromatic N) is 2. The van der Waals surface area contributed by atoms with Crippen LogP contribution in [0.4, 0.5) is 10.5 Å². The molecule has 2 aromatic rings. The third-order valence-corrected chi connectivity index (χ3v) is 6.94. The highest BCUT2D eigenvalue weighted by atomic mass is 32.1. The van der Waals surface area contributed by atoms with Crippen LogP contribution in [0.25, 0.3) is 0 Å². The van der Waals surface area contributed by atoms with Gasteiger partial charge in [-0.3, -0.25) is 0 Å². The maximum atomic E-state index is 12.5. The van der Waals surface area contributed by atoms with Crippen molar-refractivity contribution in [3.8, 4) is 0 Å². The van der Waals surface area contributed by atoms with E-state index in [1.165, 1.54) is 17.1 Å². The number of aromatic nitrogens is 1. The Bertz CT molecular complexity index is 765. The summed E-state index contributed by atoms with van der Waals surface area (Å²) < 4.78 is 0. The van der Waals surface area contributed by atoms with Crippen molar-refractivity contribution in [2.75, 3.05) is 18.4 Å². The monoisotopic (exact) mass is 399 g/mol. The van der Waals surface area contributed by atoms with Crippen LogP contribution in [-0.4, -0.2) is 29.0 Å². The molecule has 0 spiro atoms. The fourth-order valence-electron chi connectivity index (χ4n) is 4.14. The van der Waals surface area contributed by atoms with Gasteiger partial charge in [0.15, 0.2) is 0 Å². The fourth-order valence-corrected chi connectivity index (χ4v) is 5.29. The van der Waals surface area contributed by atoms with Gasteiger partial charge in [-0.05, 0) is 43.7 Å². The summed E-state index contributed by atoms with van der Waals surface area (Å²) >= 11 is 1.81. The number of carbonyl (C=O) groups excluding carboxylic acids is 1. The smallest absolute Gasteiger partial charge is 0.321 e. The molecule has 1 aromatic carbocycles. The Morgan fingerprint density at radius 2 is 1.96 bits per heavy atom. The lowest BCUT2D eigenvalue weighted by Gasteiger charge is -2.31. The summed E-state index contributed by atoms with van der Waals surface area (Å²) in [6.45, 7) is 10.8. The van der Waals surface area contributed by atoms with Crippen molar-refractivity contribution in [1.82, 2.24) is 9.88 Å². The number of urea groups is 1. The molecule has 28 heavy (non-hydrogen) atoms. The number of carbonyl (C=O) groups is 1. The second-order valence-electron chi connectivity index (χ2n) is 8.64. The van der Waals surface area contributed by atoms with Crippen LogP contribution in [-0.2, 0) is 5.41 Å². The van der Waals surface area contributed by atoms with E-state index in [9.17, 15) is 4.79 Å². The standard InChI is InChI=1S/C23H33N3OS/c1-5-23(4,15-17(2)3)20-16-28-21(25-20)18-11-13-26(14-12-18)22(27)24-19-9-7-6-8-10-19/h6-10,16-18H,5,11-15H2,1-4H3,(H,24,27). The highest BCUT2D eigenvalue weighted by Gasteiger charge is 2.31. The largest absolute Gasteiger partial charge is 0.324 e. The topological polar surface area (TPSA) is 45.2 Å². The highest BCUT2D eigenvalue weighted by molar-refractivity contribution is 7.09. The molecule has 4 nitrogen and oxygen atoms in total. The molecule has 1 saturated heterocycles. The first-order valence-electron chi connectivity index (χ1n) is 10.5. The predicted octanol–water partition coefficient (Wildman–Crippen LogP) is 6.27. The van der Waals surface area contributed by atoms with Crippen molar-refractivity contribution in [1.29, 1.82) is 0 Å². The molecular weight excluding hydrogens is 366 g/mol. The summed E-state index contributed by atoms with van der Waals surface area (Å²) in [5.41, 5.74) is 2.27. The van der Waals surface area contributed by atoms with Crippen molar-refractivity contribution in [2.45, 2.75) is 64.7 Å². The molecule has 1 aromatic heterocycles. The van der Waals surface area contributed by atoms with Crippen molar-refractivity contribution < 1.29 is 4.79 Å². The van der Waals surface area contributed by atoms with Gasteiger partial charge in [0.25, 0.3) is 0 Å². The van der Waals surface area contributed by atoms with Gasteiger partial charge in [0.1, 0.15) is 0 Å². The van der Waals surface area contributed by atoms with Crippen molar-refractivity contribution in [2.24, 2.45) is 5.92 Å². The molecule has 152 valence electrons. The minimum Gasteiger partial charge on any atom is -0.324 e. The lowest BCUT2D eigenvalue weighted by atomic mass is 9.77. The quantitative estimate of drug-likeness (QED) is 0.622. The van der Waals surface area contributed by atoms with E-state index in [1.54, 1.807) is 0 Å². The second-order valence-corrected chi connectivity index (χ2v) is 9.53. The second kappa shape index (κ2) is 9.08.